The summed E-state index contributed by atoms with van der Waals surface area (Å²) in [5.41, 5.74) is 7.36. The third-order valence-corrected chi connectivity index (χ3v) is 5.25. The van der Waals surface area contributed by atoms with Crippen molar-refractivity contribution < 1.29 is 9.18 Å². The first kappa shape index (κ1) is 20.3. The molecule has 0 saturated carbocycles. The zero-order valence-corrected chi connectivity index (χ0v) is 16.4. The molecule has 2 N–H and O–H groups in total. The Morgan fingerprint density at radius 2 is 1.83 bits per heavy atom. The van der Waals surface area contributed by atoms with Gasteiger partial charge in [-0.05, 0) is 42.0 Å². The van der Waals surface area contributed by atoms with Crippen LogP contribution in [-0.4, -0.2) is 16.5 Å². The van der Waals surface area contributed by atoms with Crippen LogP contribution in [0.25, 0.3) is 11.1 Å². The van der Waals surface area contributed by atoms with Gasteiger partial charge in [0.05, 0.1) is 11.3 Å². The molecular weight excluding hydrogens is 411 g/mol. The maximum absolute atomic E-state index is 13.0. The predicted octanol–water partition coefficient (Wildman–Crippen LogP) is 4.84. The van der Waals surface area contributed by atoms with Gasteiger partial charge in [0.2, 0.25) is 0 Å². The first-order valence-corrected chi connectivity index (χ1v) is 9.62. The van der Waals surface area contributed by atoms with E-state index in [0.29, 0.717) is 21.7 Å². The Hall–Kier alpha value is -3.39. The third kappa shape index (κ3) is 4.38. The van der Waals surface area contributed by atoms with E-state index in [4.69, 9.17) is 17.3 Å². The molecule has 0 spiro atoms. The van der Waals surface area contributed by atoms with Gasteiger partial charge in [-0.2, -0.15) is 10.5 Å². The van der Waals surface area contributed by atoms with Crippen molar-refractivity contribution in [3.05, 3.63) is 76.1 Å². The number of rotatable bonds is 5. The lowest BCUT2D eigenvalue weighted by Gasteiger charge is -2.13. The lowest BCUT2D eigenvalue weighted by Crippen LogP contribution is -2.06. The molecule has 0 fully saturated rings. The number of hydrogen-bond acceptors (Lipinski definition) is 6. The molecule has 0 aliphatic carbocycles. The largest absolute Gasteiger partial charge is 0.383 e. The second-order valence-electron chi connectivity index (χ2n) is 5.88. The minimum atomic E-state index is -0.436. The van der Waals surface area contributed by atoms with Gasteiger partial charge in [-0.3, -0.25) is 4.79 Å². The van der Waals surface area contributed by atoms with Gasteiger partial charge in [0.1, 0.15) is 34.4 Å². The van der Waals surface area contributed by atoms with Gasteiger partial charge >= 0.3 is 0 Å². The topological polar surface area (TPSA) is 104 Å². The lowest BCUT2D eigenvalue weighted by atomic mass is 9.97. The average Bonchev–Trinajstić information content (AvgIpc) is 2.71. The molecule has 0 aliphatic heterocycles. The minimum absolute atomic E-state index is 0.0341. The SMILES string of the molecule is N#Cc1c(N)nc(SCC(=O)c2ccc(F)cc2)c(C#N)c1-c1cccc(Cl)c1. The van der Waals surface area contributed by atoms with Gasteiger partial charge in [-0.15, -0.1) is 0 Å². The Kier molecular flexibility index (Phi) is 6.13. The molecule has 1 aromatic heterocycles. The quantitative estimate of drug-likeness (QED) is 0.466. The normalized spacial score (nSPS) is 10.2. The highest BCUT2D eigenvalue weighted by Crippen LogP contribution is 2.36. The molecule has 5 nitrogen and oxygen atoms in total. The molecule has 3 rings (SSSR count). The van der Waals surface area contributed by atoms with E-state index in [1.165, 1.54) is 24.3 Å². The van der Waals surface area contributed by atoms with Gasteiger partial charge in [-0.1, -0.05) is 35.5 Å². The first-order valence-electron chi connectivity index (χ1n) is 8.25. The maximum Gasteiger partial charge on any atom is 0.173 e. The molecule has 0 amide bonds. The number of halogens is 2. The Morgan fingerprint density at radius 1 is 1.14 bits per heavy atom. The molecule has 0 atom stereocenters. The zero-order chi connectivity index (χ0) is 21.0. The van der Waals surface area contributed by atoms with E-state index in [2.05, 4.69) is 11.1 Å². The van der Waals surface area contributed by atoms with E-state index >= 15 is 0 Å². The van der Waals surface area contributed by atoms with E-state index in [1.54, 1.807) is 24.3 Å². The summed E-state index contributed by atoms with van der Waals surface area (Å²) in [4.78, 5) is 16.5. The number of nitriles is 2. The molecule has 8 heteroatoms. The van der Waals surface area contributed by atoms with Crippen molar-refractivity contribution in [1.82, 2.24) is 4.98 Å². The first-order chi connectivity index (χ1) is 13.9. The van der Waals surface area contributed by atoms with Crippen LogP contribution in [0.3, 0.4) is 0 Å². The molecular formula is C21H12ClFN4OS. The van der Waals surface area contributed by atoms with Crippen LogP contribution < -0.4 is 5.73 Å². The number of benzene rings is 2. The lowest BCUT2D eigenvalue weighted by molar-refractivity contribution is 0.102. The number of anilines is 1. The predicted molar refractivity (Wildman–Crippen MR) is 110 cm³/mol. The molecule has 2 aromatic carbocycles. The second kappa shape index (κ2) is 8.74. The highest BCUT2D eigenvalue weighted by atomic mass is 35.5. The van der Waals surface area contributed by atoms with E-state index in [0.717, 1.165) is 11.8 Å². The maximum atomic E-state index is 13.0. The van der Waals surface area contributed by atoms with Crippen molar-refractivity contribution >= 4 is 35.0 Å². The van der Waals surface area contributed by atoms with Crippen LogP contribution in [0.4, 0.5) is 10.2 Å². The Bertz CT molecular complexity index is 1180. The van der Waals surface area contributed by atoms with Crippen LogP contribution in [-0.2, 0) is 0 Å². The van der Waals surface area contributed by atoms with Crippen LogP contribution in [0.2, 0.25) is 5.02 Å². The number of hydrogen-bond donors (Lipinski definition) is 1. The number of pyridine rings is 1. The zero-order valence-electron chi connectivity index (χ0n) is 14.8. The van der Waals surface area contributed by atoms with Gasteiger partial charge in [0.15, 0.2) is 5.78 Å². The van der Waals surface area contributed by atoms with Crippen molar-refractivity contribution in [2.75, 3.05) is 11.5 Å². The molecule has 0 unspecified atom stereocenters. The summed E-state index contributed by atoms with van der Waals surface area (Å²) in [6.07, 6.45) is 0. The van der Waals surface area contributed by atoms with E-state index in [9.17, 15) is 19.7 Å². The summed E-state index contributed by atoms with van der Waals surface area (Å²) >= 11 is 7.08. The number of nitrogen functional groups attached to an aromatic ring is 1. The van der Waals surface area contributed by atoms with Gasteiger partial charge < -0.3 is 5.73 Å². The molecule has 142 valence electrons. The fourth-order valence-corrected chi connectivity index (χ4v) is 3.77. The number of nitrogens with two attached hydrogens (primary N) is 1. The van der Waals surface area contributed by atoms with Gasteiger partial charge in [-0.25, -0.2) is 9.37 Å². The third-order valence-electron chi connectivity index (χ3n) is 4.04. The highest BCUT2D eigenvalue weighted by molar-refractivity contribution is 8.00. The summed E-state index contributed by atoms with van der Waals surface area (Å²) in [6, 6.07) is 15.9. The number of nitrogens with zero attached hydrogens (tertiary/aromatic N) is 3. The van der Waals surface area contributed by atoms with Crippen molar-refractivity contribution in [2.24, 2.45) is 0 Å². The summed E-state index contributed by atoms with van der Waals surface area (Å²) < 4.78 is 13.0. The smallest absolute Gasteiger partial charge is 0.173 e. The fourth-order valence-electron chi connectivity index (χ4n) is 2.69. The molecule has 0 saturated heterocycles. The molecule has 0 aliphatic rings. The van der Waals surface area contributed by atoms with Crippen LogP contribution in [0, 0.1) is 28.5 Å². The van der Waals surface area contributed by atoms with E-state index in [1.807, 2.05) is 6.07 Å². The van der Waals surface area contributed by atoms with Crippen LogP contribution in [0.5, 0.6) is 0 Å². The van der Waals surface area contributed by atoms with Gasteiger partial charge in [0.25, 0.3) is 0 Å². The number of thioether (sulfide) groups is 1. The number of ketones is 1. The summed E-state index contributed by atoms with van der Waals surface area (Å²) in [6.45, 7) is 0. The Labute approximate surface area is 175 Å². The Morgan fingerprint density at radius 3 is 2.45 bits per heavy atom. The van der Waals surface area contributed by atoms with Crippen molar-refractivity contribution in [1.29, 1.82) is 10.5 Å². The number of Topliss-reactive ketones (excluding diaryl/α,β-unsaturated/α-hetero) is 1. The van der Waals surface area contributed by atoms with Crippen LogP contribution in [0.1, 0.15) is 21.5 Å². The van der Waals surface area contributed by atoms with Crippen molar-refractivity contribution in [3.8, 4) is 23.3 Å². The monoisotopic (exact) mass is 422 g/mol. The van der Waals surface area contributed by atoms with E-state index < -0.39 is 5.82 Å². The fraction of sp³-hybridized carbons (Fsp3) is 0.0476. The number of carbonyl (C=O) groups is 1. The van der Waals surface area contributed by atoms with E-state index in [-0.39, 0.29) is 33.5 Å². The average molecular weight is 423 g/mol. The van der Waals surface area contributed by atoms with Crippen molar-refractivity contribution in [3.63, 3.8) is 0 Å². The molecule has 0 radical (unpaired) electrons. The molecule has 29 heavy (non-hydrogen) atoms. The highest BCUT2D eigenvalue weighted by Gasteiger charge is 2.21. The second-order valence-corrected chi connectivity index (χ2v) is 7.28. The number of aromatic nitrogens is 1. The van der Waals surface area contributed by atoms with Crippen LogP contribution in [0.15, 0.2) is 53.6 Å². The molecule has 0 bridgehead atoms. The Balaban J connectivity index is 2.02. The molecule has 3 aromatic rings. The minimum Gasteiger partial charge on any atom is -0.383 e. The standard InChI is InChI=1S/C21H12ClFN4OS/c22-14-3-1-2-13(8-14)19-16(9-24)20(26)27-21(17(19)10-25)29-11-18(28)12-4-6-15(23)7-5-12/h1-8H,11H2,(H2,26,27). The summed E-state index contributed by atoms with van der Waals surface area (Å²) in [5.74, 6) is -0.770. The van der Waals surface area contributed by atoms with Gasteiger partial charge in [0, 0.05) is 16.1 Å². The summed E-state index contributed by atoms with van der Waals surface area (Å²) in [5, 5.41) is 19.9. The summed E-state index contributed by atoms with van der Waals surface area (Å²) in [7, 11) is 0. The van der Waals surface area contributed by atoms with Crippen LogP contribution >= 0.6 is 23.4 Å². The molecule has 1 heterocycles. The number of carbonyl (C=O) groups excluding carboxylic acids is 1. The van der Waals surface area contributed by atoms with Crippen molar-refractivity contribution in [2.45, 2.75) is 5.03 Å².